The van der Waals surface area contributed by atoms with Crippen LogP contribution in [0.15, 0.2) is 36.7 Å². The smallest absolute Gasteiger partial charge is 0.388 e. The summed E-state index contributed by atoms with van der Waals surface area (Å²) in [6.07, 6.45) is -0.899. The molecule has 2 N–H and O–H groups in total. The Morgan fingerprint density at radius 3 is 2.43 bits per heavy atom. The van der Waals surface area contributed by atoms with Crippen molar-refractivity contribution in [3.63, 3.8) is 0 Å². The third-order valence-electron chi connectivity index (χ3n) is 4.84. The summed E-state index contributed by atoms with van der Waals surface area (Å²) in [5.74, 6) is 1.40. The van der Waals surface area contributed by atoms with Crippen molar-refractivity contribution in [3.05, 3.63) is 53.5 Å². The molecule has 148 valence electrons. The maximum atomic E-state index is 12.9. The minimum absolute atomic E-state index is 0.383. The summed E-state index contributed by atoms with van der Waals surface area (Å²) in [6.45, 7) is 3.20. The first-order valence-electron chi connectivity index (χ1n) is 8.99. The normalized spacial score (nSPS) is 16.4. The van der Waals surface area contributed by atoms with Crippen LogP contribution in [0.3, 0.4) is 0 Å². The third kappa shape index (κ3) is 3.66. The standard InChI is InChI=1S/C19H20F3N5O/c1-18(2,28)16(12-5-7-13(8-6-12)19(20,21)22)26-15-9-14(11-3-4-11)25-17-23-10-24-27(15)17/h5-11,16,26,28H,3-4H2,1-2H3/t16-/m1/s1. The van der Waals surface area contributed by atoms with Gasteiger partial charge in [-0.1, -0.05) is 12.1 Å². The molecular formula is C19H20F3N5O. The van der Waals surface area contributed by atoms with Crippen molar-refractivity contribution in [2.24, 2.45) is 0 Å². The van der Waals surface area contributed by atoms with Gasteiger partial charge in [-0.05, 0) is 44.4 Å². The average Bonchev–Trinajstić information content (AvgIpc) is 3.35. The Hall–Kier alpha value is -2.68. The van der Waals surface area contributed by atoms with Gasteiger partial charge in [0, 0.05) is 12.0 Å². The van der Waals surface area contributed by atoms with Crippen molar-refractivity contribution >= 4 is 11.6 Å². The van der Waals surface area contributed by atoms with Crippen LogP contribution in [-0.4, -0.2) is 30.3 Å². The highest BCUT2D eigenvalue weighted by Gasteiger charge is 2.33. The molecule has 0 radical (unpaired) electrons. The van der Waals surface area contributed by atoms with Crippen LogP contribution < -0.4 is 5.32 Å². The molecule has 6 nitrogen and oxygen atoms in total. The van der Waals surface area contributed by atoms with Gasteiger partial charge in [-0.2, -0.15) is 27.8 Å². The Kier molecular flexibility index (Phi) is 4.29. The van der Waals surface area contributed by atoms with Crippen molar-refractivity contribution in [3.8, 4) is 0 Å². The van der Waals surface area contributed by atoms with Crippen molar-refractivity contribution < 1.29 is 18.3 Å². The van der Waals surface area contributed by atoms with Crippen LogP contribution in [0.5, 0.6) is 0 Å². The number of fused-ring (bicyclic) bond motifs is 1. The van der Waals surface area contributed by atoms with Gasteiger partial charge in [0.05, 0.1) is 22.9 Å². The zero-order valence-electron chi connectivity index (χ0n) is 15.4. The van der Waals surface area contributed by atoms with Gasteiger partial charge in [0.2, 0.25) is 0 Å². The monoisotopic (exact) mass is 391 g/mol. The molecule has 0 bridgehead atoms. The van der Waals surface area contributed by atoms with Crippen molar-refractivity contribution in [2.75, 3.05) is 5.32 Å². The summed E-state index contributed by atoms with van der Waals surface area (Å²) in [5.41, 5.74) is -0.567. The maximum Gasteiger partial charge on any atom is 0.416 e. The second-order valence-electron chi connectivity index (χ2n) is 7.66. The lowest BCUT2D eigenvalue weighted by Crippen LogP contribution is -2.35. The number of nitrogens with one attached hydrogen (secondary N) is 1. The van der Waals surface area contributed by atoms with Crippen molar-refractivity contribution in [1.29, 1.82) is 0 Å². The predicted molar refractivity (Wildman–Crippen MR) is 96.9 cm³/mol. The molecule has 0 amide bonds. The van der Waals surface area contributed by atoms with Crippen LogP contribution in [0.1, 0.15) is 55.5 Å². The molecule has 4 rings (SSSR count). The summed E-state index contributed by atoms with van der Waals surface area (Å²) in [4.78, 5) is 8.64. The number of alkyl halides is 3. The Balaban J connectivity index is 1.72. The molecule has 1 fully saturated rings. The molecule has 3 aromatic rings. The second kappa shape index (κ2) is 6.44. The van der Waals surface area contributed by atoms with Gasteiger partial charge in [0.25, 0.3) is 5.78 Å². The first-order valence-corrected chi connectivity index (χ1v) is 8.99. The van der Waals surface area contributed by atoms with E-state index in [0.29, 0.717) is 23.1 Å². The van der Waals surface area contributed by atoms with Crippen LogP contribution in [0.4, 0.5) is 19.0 Å². The molecule has 1 aromatic carbocycles. The molecule has 2 aromatic heterocycles. The van der Waals surface area contributed by atoms with E-state index in [2.05, 4.69) is 20.4 Å². The SMILES string of the molecule is CC(C)(O)[C@H](Nc1cc(C2CC2)nc2ncnn12)c1ccc(C(F)(F)F)cc1. The van der Waals surface area contributed by atoms with E-state index in [1.54, 1.807) is 13.8 Å². The molecule has 1 saturated carbocycles. The largest absolute Gasteiger partial charge is 0.416 e. The summed E-state index contributed by atoms with van der Waals surface area (Å²) >= 11 is 0. The quantitative estimate of drug-likeness (QED) is 0.689. The van der Waals surface area contributed by atoms with E-state index in [-0.39, 0.29) is 0 Å². The second-order valence-corrected chi connectivity index (χ2v) is 7.66. The highest BCUT2D eigenvalue weighted by atomic mass is 19.4. The van der Waals surface area contributed by atoms with Gasteiger partial charge >= 0.3 is 6.18 Å². The molecule has 0 spiro atoms. The zero-order chi connectivity index (χ0) is 20.1. The lowest BCUT2D eigenvalue weighted by atomic mass is 9.91. The van der Waals surface area contributed by atoms with Crippen LogP contribution in [-0.2, 0) is 6.18 Å². The number of benzene rings is 1. The summed E-state index contributed by atoms with van der Waals surface area (Å²) in [6, 6.07) is 5.98. The predicted octanol–water partition coefficient (Wildman–Crippen LogP) is 3.94. The number of nitrogens with zero attached hydrogens (tertiary/aromatic N) is 4. The number of rotatable bonds is 5. The molecule has 0 unspecified atom stereocenters. The van der Waals surface area contributed by atoms with Gasteiger partial charge in [-0.15, -0.1) is 0 Å². The average molecular weight is 391 g/mol. The van der Waals surface area contributed by atoms with Gasteiger partial charge in [0.15, 0.2) is 0 Å². The Bertz CT molecular complexity index is 987. The lowest BCUT2D eigenvalue weighted by molar-refractivity contribution is -0.137. The molecular weight excluding hydrogens is 371 g/mol. The van der Waals surface area contributed by atoms with Gasteiger partial charge in [-0.3, -0.25) is 0 Å². The highest BCUT2D eigenvalue weighted by Crippen LogP contribution is 2.40. The number of halogens is 3. The maximum absolute atomic E-state index is 12.9. The van der Waals surface area contributed by atoms with Crippen LogP contribution in [0.2, 0.25) is 0 Å². The first kappa shape index (κ1) is 18.7. The molecule has 9 heteroatoms. The Morgan fingerprint density at radius 2 is 1.86 bits per heavy atom. The van der Waals surface area contributed by atoms with Crippen LogP contribution in [0.25, 0.3) is 5.78 Å². The molecule has 0 aliphatic heterocycles. The summed E-state index contributed by atoms with van der Waals surface area (Å²) in [7, 11) is 0. The minimum Gasteiger partial charge on any atom is -0.388 e. The van der Waals surface area contributed by atoms with E-state index >= 15 is 0 Å². The zero-order valence-corrected chi connectivity index (χ0v) is 15.4. The molecule has 2 heterocycles. The Morgan fingerprint density at radius 1 is 1.18 bits per heavy atom. The minimum atomic E-state index is -4.41. The number of hydrogen-bond donors (Lipinski definition) is 2. The van der Waals surface area contributed by atoms with Gasteiger partial charge in [0.1, 0.15) is 12.1 Å². The van der Waals surface area contributed by atoms with Crippen molar-refractivity contribution in [2.45, 2.75) is 50.4 Å². The number of anilines is 1. The van der Waals surface area contributed by atoms with E-state index < -0.39 is 23.4 Å². The van der Waals surface area contributed by atoms with Crippen LogP contribution in [0, 0.1) is 0 Å². The fraction of sp³-hybridized carbons (Fsp3) is 0.421. The topological polar surface area (TPSA) is 75.3 Å². The lowest BCUT2D eigenvalue weighted by Gasteiger charge is -2.31. The van der Waals surface area contributed by atoms with Crippen molar-refractivity contribution in [1.82, 2.24) is 19.6 Å². The summed E-state index contributed by atoms with van der Waals surface area (Å²) < 4.78 is 40.2. The first-order chi connectivity index (χ1) is 13.1. The molecule has 1 aliphatic carbocycles. The number of hydrogen-bond acceptors (Lipinski definition) is 5. The van der Waals surface area contributed by atoms with Gasteiger partial charge < -0.3 is 10.4 Å². The van der Waals surface area contributed by atoms with Gasteiger partial charge in [-0.25, -0.2) is 4.98 Å². The Labute approximate surface area is 159 Å². The molecule has 0 saturated heterocycles. The van der Waals surface area contributed by atoms with E-state index in [1.807, 2.05) is 6.07 Å². The van der Waals surface area contributed by atoms with E-state index in [0.717, 1.165) is 30.7 Å². The fourth-order valence-corrected chi connectivity index (χ4v) is 3.20. The molecule has 28 heavy (non-hydrogen) atoms. The van der Waals surface area contributed by atoms with Crippen LogP contribution >= 0.6 is 0 Å². The molecule has 1 aliphatic rings. The third-order valence-corrected chi connectivity index (χ3v) is 4.84. The highest BCUT2D eigenvalue weighted by molar-refractivity contribution is 5.49. The molecule has 1 atom stereocenters. The summed E-state index contributed by atoms with van der Waals surface area (Å²) in [5, 5.41) is 18.1. The van der Waals surface area contributed by atoms with E-state index in [1.165, 1.54) is 23.0 Å². The number of aliphatic hydroxyl groups is 1. The number of aromatic nitrogens is 4. The van der Waals surface area contributed by atoms with E-state index in [9.17, 15) is 18.3 Å². The van der Waals surface area contributed by atoms with E-state index in [4.69, 9.17) is 0 Å². The fourth-order valence-electron chi connectivity index (χ4n) is 3.20.